The van der Waals surface area contributed by atoms with Crippen molar-refractivity contribution >= 4 is 12.0 Å². The summed E-state index contributed by atoms with van der Waals surface area (Å²) in [7, 11) is 1.68. The van der Waals surface area contributed by atoms with Crippen molar-refractivity contribution in [1.82, 2.24) is 9.80 Å². The smallest absolute Gasteiger partial charge is 0.320 e. The van der Waals surface area contributed by atoms with Gasteiger partial charge in [0, 0.05) is 26.2 Å². The molecule has 2 aliphatic rings. The molecule has 0 aliphatic carbocycles. The minimum absolute atomic E-state index is 0.0308. The lowest BCUT2D eigenvalue weighted by Gasteiger charge is -2.41. The Morgan fingerprint density at radius 1 is 1.35 bits per heavy atom. The van der Waals surface area contributed by atoms with Crippen LogP contribution in [-0.4, -0.2) is 65.3 Å². The fourth-order valence-electron chi connectivity index (χ4n) is 3.22. The fourth-order valence-corrected chi connectivity index (χ4v) is 3.22. The van der Waals surface area contributed by atoms with E-state index in [1.54, 1.807) is 12.0 Å². The molecule has 1 N–H and O–H groups in total. The first kappa shape index (κ1) is 15.1. The first-order valence-electron chi connectivity index (χ1n) is 7.28. The van der Waals surface area contributed by atoms with Crippen molar-refractivity contribution in [3.63, 3.8) is 0 Å². The molecule has 0 bridgehead atoms. The second-order valence-corrected chi connectivity index (χ2v) is 6.05. The predicted octanol–water partition coefficient (Wildman–Crippen LogP) is 1.55. The number of carbonyl (C=O) groups is 2. The summed E-state index contributed by atoms with van der Waals surface area (Å²) in [5.74, 6) is -0.838. The summed E-state index contributed by atoms with van der Waals surface area (Å²) >= 11 is 0. The molecule has 114 valence electrons. The summed E-state index contributed by atoms with van der Waals surface area (Å²) in [6.07, 6.45) is 3.59. The highest BCUT2D eigenvalue weighted by molar-refractivity contribution is 5.76. The maximum atomic E-state index is 12.6. The van der Waals surface area contributed by atoms with E-state index >= 15 is 0 Å². The Balaban J connectivity index is 2.01. The molecular formula is C14H24N2O4. The van der Waals surface area contributed by atoms with Crippen molar-refractivity contribution in [2.24, 2.45) is 0 Å². The highest BCUT2D eigenvalue weighted by Crippen LogP contribution is 2.27. The average Bonchev–Trinajstić information content (AvgIpc) is 2.85. The van der Waals surface area contributed by atoms with Crippen molar-refractivity contribution in [2.75, 3.05) is 26.7 Å². The van der Waals surface area contributed by atoms with Gasteiger partial charge in [-0.2, -0.15) is 0 Å². The maximum Gasteiger partial charge on any atom is 0.320 e. The number of aliphatic carboxylic acids is 1. The van der Waals surface area contributed by atoms with E-state index in [1.165, 1.54) is 0 Å². The molecule has 20 heavy (non-hydrogen) atoms. The van der Waals surface area contributed by atoms with Crippen LogP contribution in [0.5, 0.6) is 0 Å². The molecule has 2 aliphatic heterocycles. The number of amides is 2. The zero-order valence-electron chi connectivity index (χ0n) is 12.3. The summed E-state index contributed by atoms with van der Waals surface area (Å²) in [6, 6.07) is -0.188. The Labute approximate surface area is 119 Å². The molecule has 2 unspecified atom stereocenters. The van der Waals surface area contributed by atoms with Crippen LogP contribution in [0.2, 0.25) is 0 Å². The molecule has 6 heteroatoms. The van der Waals surface area contributed by atoms with Crippen molar-refractivity contribution < 1.29 is 19.4 Å². The lowest BCUT2D eigenvalue weighted by Crippen LogP contribution is -2.54. The number of carbonyl (C=O) groups excluding carboxylic acids is 1. The standard InChI is InChI=1S/C14H24N2O4/c1-14(20-2)6-4-7-15(10-14)13(19)16-8-3-5-11(16)9-12(17)18/h11H,3-10H2,1-2H3,(H,17,18). The number of hydrogen-bond acceptors (Lipinski definition) is 3. The minimum atomic E-state index is -0.838. The average molecular weight is 284 g/mol. The van der Waals surface area contributed by atoms with E-state index in [-0.39, 0.29) is 24.1 Å². The lowest BCUT2D eigenvalue weighted by atomic mass is 9.95. The molecule has 6 nitrogen and oxygen atoms in total. The van der Waals surface area contributed by atoms with Gasteiger partial charge in [0.25, 0.3) is 0 Å². The van der Waals surface area contributed by atoms with Crippen molar-refractivity contribution in [3.8, 4) is 0 Å². The summed E-state index contributed by atoms with van der Waals surface area (Å²) < 4.78 is 5.51. The Hall–Kier alpha value is -1.30. The van der Waals surface area contributed by atoms with E-state index in [0.29, 0.717) is 13.1 Å². The topological polar surface area (TPSA) is 70.1 Å². The van der Waals surface area contributed by atoms with Crippen molar-refractivity contribution in [3.05, 3.63) is 0 Å². The van der Waals surface area contributed by atoms with E-state index in [1.807, 2.05) is 11.8 Å². The number of rotatable bonds is 3. The number of ether oxygens (including phenoxy) is 1. The third-order valence-electron chi connectivity index (χ3n) is 4.46. The van der Waals surface area contributed by atoms with Crippen LogP contribution in [0.1, 0.15) is 39.0 Å². The van der Waals surface area contributed by atoms with E-state index in [0.717, 1.165) is 32.2 Å². The number of likely N-dealkylation sites (tertiary alicyclic amines) is 2. The van der Waals surface area contributed by atoms with Crippen LogP contribution in [0.15, 0.2) is 0 Å². The Bertz CT molecular complexity index is 387. The summed E-state index contributed by atoms with van der Waals surface area (Å²) in [4.78, 5) is 27.0. The Kier molecular flexibility index (Phi) is 4.52. The Morgan fingerprint density at radius 3 is 2.75 bits per heavy atom. The highest BCUT2D eigenvalue weighted by atomic mass is 16.5. The molecule has 2 saturated heterocycles. The number of carboxylic acid groups (broad SMARTS) is 1. The summed E-state index contributed by atoms with van der Waals surface area (Å²) in [6.45, 7) is 3.99. The largest absolute Gasteiger partial charge is 0.481 e. The number of piperidine rings is 1. The second-order valence-electron chi connectivity index (χ2n) is 6.05. The number of methoxy groups -OCH3 is 1. The molecule has 0 aromatic carbocycles. The molecular weight excluding hydrogens is 260 g/mol. The Morgan fingerprint density at radius 2 is 2.10 bits per heavy atom. The zero-order chi connectivity index (χ0) is 14.8. The van der Waals surface area contributed by atoms with Gasteiger partial charge >= 0.3 is 12.0 Å². The van der Waals surface area contributed by atoms with Gasteiger partial charge in [0.15, 0.2) is 0 Å². The predicted molar refractivity (Wildman–Crippen MR) is 73.6 cm³/mol. The van der Waals surface area contributed by atoms with Crippen LogP contribution in [0.3, 0.4) is 0 Å². The molecule has 2 heterocycles. The molecule has 0 saturated carbocycles. The first-order valence-corrected chi connectivity index (χ1v) is 7.28. The van der Waals surface area contributed by atoms with Gasteiger partial charge < -0.3 is 19.6 Å². The molecule has 0 aromatic heterocycles. The molecule has 0 spiro atoms. The molecule has 2 fully saturated rings. The van der Waals surface area contributed by atoms with Gasteiger partial charge in [-0.15, -0.1) is 0 Å². The van der Waals surface area contributed by atoms with Gasteiger partial charge in [-0.1, -0.05) is 0 Å². The summed E-state index contributed by atoms with van der Waals surface area (Å²) in [5.41, 5.74) is -0.282. The lowest BCUT2D eigenvalue weighted by molar-refractivity contribution is -0.138. The van der Waals surface area contributed by atoms with Crippen molar-refractivity contribution in [2.45, 2.75) is 50.7 Å². The number of hydrogen-bond donors (Lipinski definition) is 1. The molecule has 0 aromatic rings. The van der Waals surface area contributed by atoms with Gasteiger partial charge in [-0.3, -0.25) is 4.79 Å². The van der Waals surface area contributed by atoms with E-state index in [9.17, 15) is 9.59 Å². The van der Waals surface area contributed by atoms with Crippen LogP contribution in [0.25, 0.3) is 0 Å². The minimum Gasteiger partial charge on any atom is -0.481 e. The molecule has 2 rings (SSSR count). The first-order chi connectivity index (χ1) is 9.45. The molecule has 2 amide bonds. The normalized spacial score (nSPS) is 30.6. The number of carboxylic acids is 1. The SMILES string of the molecule is COC1(C)CCCN(C(=O)N2CCCC2CC(=O)O)C1. The van der Waals surface area contributed by atoms with E-state index in [4.69, 9.17) is 9.84 Å². The summed E-state index contributed by atoms with van der Waals surface area (Å²) in [5, 5.41) is 8.93. The van der Waals surface area contributed by atoms with Crippen LogP contribution in [-0.2, 0) is 9.53 Å². The zero-order valence-corrected chi connectivity index (χ0v) is 12.3. The number of nitrogens with zero attached hydrogens (tertiary/aromatic N) is 2. The third-order valence-corrected chi connectivity index (χ3v) is 4.46. The molecule has 2 atom stereocenters. The van der Waals surface area contributed by atoms with Gasteiger partial charge in [-0.25, -0.2) is 4.79 Å². The maximum absolute atomic E-state index is 12.6. The molecule has 0 radical (unpaired) electrons. The monoisotopic (exact) mass is 284 g/mol. The van der Waals surface area contributed by atoms with Crippen LogP contribution < -0.4 is 0 Å². The van der Waals surface area contributed by atoms with E-state index in [2.05, 4.69) is 0 Å². The van der Waals surface area contributed by atoms with Gasteiger partial charge in [-0.05, 0) is 32.6 Å². The van der Waals surface area contributed by atoms with E-state index < -0.39 is 5.97 Å². The fraction of sp³-hybridized carbons (Fsp3) is 0.857. The van der Waals surface area contributed by atoms with Gasteiger partial charge in [0.05, 0.1) is 18.6 Å². The van der Waals surface area contributed by atoms with Crippen LogP contribution in [0, 0.1) is 0 Å². The third kappa shape index (κ3) is 3.23. The number of urea groups is 1. The second kappa shape index (κ2) is 5.99. The van der Waals surface area contributed by atoms with Gasteiger partial charge in [0.2, 0.25) is 0 Å². The van der Waals surface area contributed by atoms with Crippen molar-refractivity contribution in [1.29, 1.82) is 0 Å². The van der Waals surface area contributed by atoms with Crippen LogP contribution >= 0.6 is 0 Å². The highest BCUT2D eigenvalue weighted by Gasteiger charge is 2.38. The quantitative estimate of drug-likeness (QED) is 0.853. The van der Waals surface area contributed by atoms with Crippen LogP contribution in [0.4, 0.5) is 4.79 Å². The van der Waals surface area contributed by atoms with Gasteiger partial charge in [0.1, 0.15) is 0 Å².